The molecule has 1 amide bonds. The van der Waals surface area contributed by atoms with Crippen molar-refractivity contribution in [2.45, 2.75) is 63.7 Å². The monoisotopic (exact) mass is 486 g/mol. The van der Waals surface area contributed by atoms with Crippen LogP contribution >= 0.6 is 11.3 Å². The average molecular weight is 487 g/mol. The Morgan fingerprint density at radius 1 is 1.42 bits per heavy atom. The number of halogens is 3. The van der Waals surface area contributed by atoms with Crippen molar-refractivity contribution in [2.24, 2.45) is 0 Å². The number of piperidine rings is 1. The summed E-state index contributed by atoms with van der Waals surface area (Å²) in [6.45, 7) is 3.28. The van der Waals surface area contributed by atoms with Gasteiger partial charge in [-0.2, -0.15) is 18.3 Å². The number of hydrogen-bond acceptors (Lipinski definition) is 6. The SMILES string of the molecule is C[C@H]1C[C@@]2(CCN1Cc1cnn(CC(=O)N(C)C)c1)OCCc1c2sc(C(F)(F)F)c1CO. The van der Waals surface area contributed by atoms with E-state index in [1.54, 1.807) is 25.0 Å². The van der Waals surface area contributed by atoms with Crippen LogP contribution < -0.4 is 0 Å². The summed E-state index contributed by atoms with van der Waals surface area (Å²) in [7, 11) is 3.40. The third kappa shape index (κ3) is 4.68. The van der Waals surface area contributed by atoms with Crippen molar-refractivity contribution in [3.05, 3.63) is 38.8 Å². The molecule has 2 aliphatic heterocycles. The summed E-state index contributed by atoms with van der Waals surface area (Å²) < 4.78 is 48.6. The fraction of sp³-hybridized carbons (Fsp3) is 0.636. The van der Waals surface area contributed by atoms with Crippen LogP contribution in [0.2, 0.25) is 0 Å². The van der Waals surface area contributed by atoms with Gasteiger partial charge in [0.05, 0.1) is 19.4 Å². The van der Waals surface area contributed by atoms with Crippen LogP contribution in [-0.4, -0.2) is 63.9 Å². The Morgan fingerprint density at radius 2 is 2.18 bits per heavy atom. The Balaban J connectivity index is 1.50. The van der Waals surface area contributed by atoms with Crippen molar-refractivity contribution in [1.29, 1.82) is 0 Å². The minimum absolute atomic E-state index is 0.0138. The van der Waals surface area contributed by atoms with E-state index in [0.29, 0.717) is 49.4 Å². The number of likely N-dealkylation sites (N-methyl/N-ethyl adjacent to an activating group) is 1. The first kappa shape index (κ1) is 24.2. The molecule has 182 valence electrons. The molecule has 11 heteroatoms. The number of fused-ring (bicyclic) bond motifs is 2. The number of hydrogen-bond donors (Lipinski definition) is 1. The zero-order valence-electron chi connectivity index (χ0n) is 19.0. The number of aliphatic hydroxyl groups is 1. The van der Waals surface area contributed by atoms with Crippen LogP contribution in [0.1, 0.15) is 46.2 Å². The molecule has 4 rings (SSSR count). The Hall–Kier alpha value is -1.95. The third-order valence-corrected chi connectivity index (χ3v) is 8.10. The molecule has 33 heavy (non-hydrogen) atoms. The first-order valence-electron chi connectivity index (χ1n) is 11.0. The molecule has 1 fully saturated rings. The number of rotatable bonds is 5. The van der Waals surface area contributed by atoms with Gasteiger partial charge >= 0.3 is 6.18 Å². The van der Waals surface area contributed by atoms with E-state index in [1.165, 1.54) is 4.90 Å². The van der Waals surface area contributed by atoms with Gasteiger partial charge in [-0.25, -0.2) is 0 Å². The zero-order chi connectivity index (χ0) is 24.0. The van der Waals surface area contributed by atoms with Crippen molar-refractivity contribution in [3.8, 4) is 0 Å². The van der Waals surface area contributed by atoms with Gasteiger partial charge in [-0.1, -0.05) is 0 Å². The van der Waals surface area contributed by atoms with Crippen LogP contribution in [0.5, 0.6) is 0 Å². The second-order valence-corrected chi connectivity index (χ2v) is 10.1. The smallest absolute Gasteiger partial charge is 0.392 e. The van der Waals surface area contributed by atoms with Gasteiger partial charge in [-0.3, -0.25) is 14.4 Å². The molecule has 0 unspecified atom stereocenters. The van der Waals surface area contributed by atoms with Gasteiger partial charge in [-0.15, -0.1) is 11.3 Å². The maximum atomic E-state index is 13.6. The lowest BCUT2D eigenvalue weighted by Gasteiger charge is -2.47. The van der Waals surface area contributed by atoms with Crippen LogP contribution in [-0.2, 0) is 47.4 Å². The van der Waals surface area contributed by atoms with Gasteiger partial charge in [0.15, 0.2) is 0 Å². The van der Waals surface area contributed by atoms with E-state index in [2.05, 4.69) is 16.9 Å². The lowest BCUT2D eigenvalue weighted by Crippen LogP contribution is -2.50. The van der Waals surface area contributed by atoms with E-state index in [0.717, 1.165) is 16.9 Å². The molecule has 1 N–H and O–H groups in total. The molecule has 0 aromatic carbocycles. The molecule has 1 spiro atoms. The van der Waals surface area contributed by atoms with Crippen molar-refractivity contribution in [3.63, 3.8) is 0 Å². The van der Waals surface area contributed by atoms with E-state index in [1.807, 2.05) is 6.20 Å². The average Bonchev–Trinajstić information content (AvgIpc) is 3.35. The molecule has 4 heterocycles. The van der Waals surface area contributed by atoms with Crippen LogP contribution in [0.25, 0.3) is 0 Å². The predicted octanol–water partition coefficient (Wildman–Crippen LogP) is 3.00. The Bertz CT molecular complexity index is 1020. The molecular weight excluding hydrogens is 457 g/mol. The van der Waals surface area contributed by atoms with E-state index in [4.69, 9.17) is 4.74 Å². The highest BCUT2D eigenvalue weighted by molar-refractivity contribution is 7.12. The minimum atomic E-state index is -4.48. The fourth-order valence-corrected chi connectivity index (χ4v) is 6.27. The topological polar surface area (TPSA) is 70.8 Å². The molecule has 1 saturated heterocycles. The molecule has 2 aromatic heterocycles. The van der Waals surface area contributed by atoms with Gasteiger partial charge in [0.25, 0.3) is 0 Å². The third-order valence-electron chi connectivity index (χ3n) is 6.60. The van der Waals surface area contributed by atoms with Crippen LogP contribution in [0.3, 0.4) is 0 Å². The molecule has 2 atom stereocenters. The molecule has 0 radical (unpaired) electrons. The molecule has 7 nitrogen and oxygen atoms in total. The molecule has 0 saturated carbocycles. The number of aliphatic hydroxyl groups excluding tert-OH is 1. The van der Waals surface area contributed by atoms with Gasteiger partial charge < -0.3 is 14.7 Å². The first-order chi connectivity index (χ1) is 15.5. The summed E-state index contributed by atoms with van der Waals surface area (Å²) in [5, 5.41) is 14.0. The number of likely N-dealkylation sites (tertiary alicyclic amines) is 1. The van der Waals surface area contributed by atoms with Crippen LogP contribution in [0, 0.1) is 0 Å². The summed E-state index contributed by atoms with van der Waals surface area (Å²) in [5.41, 5.74) is 0.866. The van der Waals surface area contributed by atoms with Crippen LogP contribution in [0.15, 0.2) is 12.4 Å². The van der Waals surface area contributed by atoms with Crippen molar-refractivity contribution in [2.75, 3.05) is 27.2 Å². The van der Waals surface area contributed by atoms with Crippen molar-refractivity contribution >= 4 is 17.2 Å². The van der Waals surface area contributed by atoms with Crippen molar-refractivity contribution in [1.82, 2.24) is 19.6 Å². The number of alkyl halides is 3. The van der Waals surface area contributed by atoms with E-state index in [-0.39, 0.29) is 24.1 Å². The number of carbonyl (C=O) groups excluding carboxylic acids is 1. The fourth-order valence-electron chi connectivity index (χ4n) is 4.86. The zero-order valence-corrected chi connectivity index (χ0v) is 19.8. The van der Waals surface area contributed by atoms with E-state index < -0.39 is 23.3 Å². The molecule has 0 bridgehead atoms. The number of carbonyl (C=O) groups is 1. The number of amides is 1. The van der Waals surface area contributed by atoms with Crippen molar-refractivity contribution < 1.29 is 27.8 Å². The number of nitrogens with zero attached hydrogens (tertiary/aromatic N) is 4. The summed E-state index contributed by atoms with van der Waals surface area (Å²) in [4.78, 5) is 15.6. The highest BCUT2D eigenvalue weighted by Gasteiger charge is 2.48. The largest absolute Gasteiger partial charge is 0.425 e. The minimum Gasteiger partial charge on any atom is -0.392 e. The maximum absolute atomic E-state index is 13.6. The lowest BCUT2D eigenvalue weighted by molar-refractivity contribution is -0.135. The molecule has 2 aliphatic rings. The van der Waals surface area contributed by atoms with Gasteiger partial charge in [0.2, 0.25) is 5.91 Å². The Kier molecular flexibility index (Phi) is 6.60. The second-order valence-electron chi connectivity index (χ2n) is 9.07. The summed E-state index contributed by atoms with van der Waals surface area (Å²) in [6.07, 6.45) is 0.675. The molecular formula is C22H29F3N4O3S. The highest BCUT2D eigenvalue weighted by Crippen LogP contribution is 2.51. The number of thiophene rings is 1. The maximum Gasteiger partial charge on any atom is 0.425 e. The normalized spacial score (nSPS) is 23.7. The van der Waals surface area contributed by atoms with Gasteiger partial charge in [0.1, 0.15) is 17.0 Å². The second kappa shape index (κ2) is 9.01. The molecule has 0 aliphatic carbocycles. The summed E-state index contributed by atoms with van der Waals surface area (Å²) in [6, 6.07) is 0.0745. The van der Waals surface area contributed by atoms with Crippen LogP contribution in [0.4, 0.5) is 13.2 Å². The predicted molar refractivity (Wildman–Crippen MR) is 117 cm³/mol. The molecule has 2 aromatic rings. The number of aromatic nitrogens is 2. The Morgan fingerprint density at radius 3 is 2.82 bits per heavy atom. The quantitative estimate of drug-likeness (QED) is 0.704. The highest BCUT2D eigenvalue weighted by atomic mass is 32.1. The number of ether oxygens (including phenoxy) is 1. The van der Waals surface area contributed by atoms with E-state index in [9.17, 15) is 23.1 Å². The van der Waals surface area contributed by atoms with Gasteiger partial charge in [0, 0.05) is 55.4 Å². The first-order valence-corrected chi connectivity index (χ1v) is 11.8. The summed E-state index contributed by atoms with van der Waals surface area (Å²) in [5.74, 6) is -0.0420. The summed E-state index contributed by atoms with van der Waals surface area (Å²) >= 11 is 0.740. The standard InChI is InChI=1S/C22H29F3N4O3S/c1-14-8-21(19-16(4-7-32-21)17(13-30)20(33-19)22(23,24)25)5-6-28(14)10-15-9-26-29(11-15)12-18(31)27(2)3/h9,11,14,30H,4-8,10,12-13H2,1-3H3/t14-,21+/m0/s1. The van der Waals surface area contributed by atoms with Gasteiger partial charge in [-0.05, 0) is 31.7 Å². The van der Waals surface area contributed by atoms with E-state index >= 15 is 0 Å². The Labute approximate surface area is 194 Å². The lowest BCUT2D eigenvalue weighted by atomic mass is 9.81.